The van der Waals surface area contributed by atoms with Crippen molar-refractivity contribution in [1.82, 2.24) is 14.3 Å². The number of carbonyl (C=O) groups excluding carboxylic acids is 1. The monoisotopic (exact) mass is 530 g/mol. The molecule has 1 aliphatic rings. The average molecular weight is 531 g/mol. The highest BCUT2D eigenvalue weighted by Crippen LogP contribution is 2.37. The number of rotatable bonds is 5. The summed E-state index contributed by atoms with van der Waals surface area (Å²) in [6.07, 6.45) is -2.68. The van der Waals surface area contributed by atoms with E-state index < -0.39 is 17.8 Å². The summed E-state index contributed by atoms with van der Waals surface area (Å²) in [7, 11) is 0. The number of imidazole rings is 1. The lowest BCUT2D eigenvalue weighted by Gasteiger charge is -2.36. The molecule has 3 aromatic carbocycles. The summed E-state index contributed by atoms with van der Waals surface area (Å²) in [5.41, 5.74) is 8.29. The quantitative estimate of drug-likeness (QED) is 0.325. The Morgan fingerprint density at radius 1 is 1.00 bits per heavy atom. The fourth-order valence-electron chi connectivity index (χ4n) is 5.19. The number of pyridine rings is 1. The predicted octanol–water partition coefficient (Wildman–Crippen LogP) is 5.52. The van der Waals surface area contributed by atoms with Gasteiger partial charge in [-0.1, -0.05) is 54.6 Å². The van der Waals surface area contributed by atoms with Crippen LogP contribution in [-0.4, -0.2) is 33.3 Å². The van der Waals surface area contributed by atoms with Gasteiger partial charge in [0.05, 0.1) is 23.0 Å². The average Bonchev–Trinajstić information content (AvgIpc) is 3.33. The molecular formula is C30H25F3N4O2. The lowest BCUT2D eigenvalue weighted by atomic mass is 9.94. The highest BCUT2D eigenvalue weighted by molar-refractivity contribution is 5.84. The van der Waals surface area contributed by atoms with Gasteiger partial charge in [-0.3, -0.25) is 4.79 Å². The molecule has 0 bridgehead atoms. The molecule has 0 fully saturated rings. The Morgan fingerprint density at radius 2 is 1.77 bits per heavy atom. The van der Waals surface area contributed by atoms with Crippen molar-refractivity contribution in [3.8, 4) is 5.75 Å². The summed E-state index contributed by atoms with van der Waals surface area (Å²) >= 11 is 0. The maximum absolute atomic E-state index is 13.6. The largest absolute Gasteiger partial charge is 0.484 e. The van der Waals surface area contributed by atoms with Crippen LogP contribution in [0.2, 0.25) is 0 Å². The number of amides is 1. The molecule has 198 valence electrons. The zero-order valence-corrected chi connectivity index (χ0v) is 20.9. The molecule has 1 unspecified atom stereocenters. The number of ether oxygens (including phenoxy) is 1. The van der Waals surface area contributed by atoms with E-state index in [0.717, 1.165) is 34.0 Å². The third kappa shape index (κ3) is 4.70. The van der Waals surface area contributed by atoms with Gasteiger partial charge in [0.2, 0.25) is 0 Å². The standard InChI is InChI=1S/C30H25F3N4O2/c31-30(32,33)23-11-13-36-26(16-23)35-25-12-14-37(28(29(25)36)21-7-5-19(17-34)6-8-21)27(38)18-39-24-10-9-20-3-1-2-4-22(20)15-24/h1-11,13,15-16,28H,12,14,17-18,34H2. The maximum atomic E-state index is 13.6. The van der Waals surface area contributed by atoms with Crippen LogP contribution in [0.15, 0.2) is 85.1 Å². The van der Waals surface area contributed by atoms with E-state index in [2.05, 4.69) is 4.98 Å². The number of hydrogen-bond donors (Lipinski definition) is 1. The van der Waals surface area contributed by atoms with Crippen molar-refractivity contribution < 1.29 is 22.7 Å². The van der Waals surface area contributed by atoms with Crippen molar-refractivity contribution in [2.24, 2.45) is 5.73 Å². The second-order valence-corrected chi connectivity index (χ2v) is 9.57. The Labute approximate surface area is 222 Å². The summed E-state index contributed by atoms with van der Waals surface area (Å²) in [6, 6.07) is 22.6. The van der Waals surface area contributed by atoms with Crippen LogP contribution in [0, 0.1) is 0 Å². The number of halogens is 3. The Bertz CT molecular complexity index is 1680. The van der Waals surface area contributed by atoms with E-state index >= 15 is 0 Å². The molecule has 0 aliphatic carbocycles. The minimum atomic E-state index is -4.48. The minimum absolute atomic E-state index is 0.181. The van der Waals surface area contributed by atoms with Crippen molar-refractivity contribution in [1.29, 1.82) is 0 Å². The van der Waals surface area contributed by atoms with Gasteiger partial charge < -0.3 is 19.8 Å². The molecule has 1 amide bonds. The van der Waals surface area contributed by atoms with Crippen molar-refractivity contribution in [3.05, 3.63) is 113 Å². The zero-order chi connectivity index (χ0) is 27.1. The van der Waals surface area contributed by atoms with Gasteiger partial charge in [-0.2, -0.15) is 13.2 Å². The molecule has 1 atom stereocenters. The van der Waals surface area contributed by atoms with E-state index in [-0.39, 0.29) is 18.2 Å². The molecule has 3 heterocycles. The van der Waals surface area contributed by atoms with Crippen molar-refractivity contribution in [2.75, 3.05) is 13.2 Å². The van der Waals surface area contributed by atoms with Crippen LogP contribution in [0.25, 0.3) is 16.4 Å². The van der Waals surface area contributed by atoms with Gasteiger partial charge in [-0.05, 0) is 46.2 Å². The summed E-state index contributed by atoms with van der Waals surface area (Å²) < 4.78 is 47.7. The Balaban J connectivity index is 1.35. The second kappa shape index (κ2) is 9.74. The molecular weight excluding hydrogens is 505 g/mol. The molecule has 0 radical (unpaired) electrons. The molecule has 9 heteroatoms. The van der Waals surface area contributed by atoms with Crippen LogP contribution in [-0.2, 0) is 23.9 Å². The number of nitrogens with zero attached hydrogens (tertiary/aromatic N) is 3. The van der Waals surface area contributed by atoms with Crippen LogP contribution in [0.3, 0.4) is 0 Å². The Hall–Kier alpha value is -4.37. The first-order chi connectivity index (χ1) is 18.8. The van der Waals surface area contributed by atoms with Crippen LogP contribution in [0.1, 0.15) is 34.1 Å². The van der Waals surface area contributed by atoms with Crippen LogP contribution in [0.5, 0.6) is 5.75 Å². The van der Waals surface area contributed by atoms with Gasteiger partial charge in [0, 0.05) is 25.7 Å². The fourth-order valence-corrected chi connectivity index (χ4v) is 5.19. The third-order valence-electron chi connectivity index (χ3n) is 7.16. The van der Waals surface area contributed by atoms with Gasteiger partial charge in [0.25, 0.3) is 5.91 Å². The number of carbonyl (C=O) groups is 1. The number of benzene rings is 3. The summed E-state index contributed by atoms with van der Waals surface area (Å²) in [5.74, 6) is 0.349. The Kier molecular flexibility index (Phi) is 6.23. The molecule has 2 N–H and O–H groups in total. The molecule has 0 spiro atoms. The first-order valence-electron chi connectivity index (χ1n) is 12.6. The van der Waals surface area contributed by atoms with E-state index in [4.69, 9.17) is 10.5 Å². The van der Waals surface area contributed by atoms with Gasteiger partial charge >= 0.3 is 6.18 Å². The van der Waals surface area contributed by atoms with Gasteiger partial charge in [-0.25, -0.2) is 4.98 Å². The molecule has 6 rings (SSSR count). The normalized spacial score (nSPS) is 15.5. The summed E-state index contributed by atoms with van der Waals surface area (Å²) in [6.45, 7) is 0.542. The van der Waals surface area contributed by atoms with Crippen molar-refractivity contribution in [3.63, 3.8) is 0 Å². The number of fused-ring (bicyclic) bond motifs is 4. The highest BCUT2D eigenvalue weighted by Gasteiger charge is 2.37. The Morgan fingerprint density at radius 3 is 2.51 bits per heavy atom. The predicted molar refractivity (Wildman–Crippen MR) is 141 cm³/mol. The molecule has 0 saturated heterocycles. The van der Waals surface area contributed by atoms with E-state index in [1.54, 1.807) is 9.30 Å². The summed E-state index contributed by atoms with van der Waals surface area (Å²) in [4.78, 5) is 19.8. The maximum Gasteiger partial charge on any atom is 0.416 e. The van der Waals surface area contributed by atoms with E-state index in [9.17, 15) is 18.0 Å². The van der Waals surface area contributed by atoms with E-state index in [1.807, 2.05) is 66.7 Å². The smallest absolute Gasteiger partial charge is 0.416 e. The van der Waals surface area contributed by atoms with Crippen LogP contribution in [0.4, 0.5) is 13.2 Å². The number of hydrogen-bond acceptors (Lipinski definition) is 4. The van der Waals surface area contributed by atoms with Gasteiger partial charge in [-0.15, -0.1) is 0 Å². The first kappa shape index (κ1) is 24.9. The van der Waals surface area contributed by atoms with E-state index in [1.165, 1.54) is 6.20 Å². The third-order valence-corrected chi connectivity index (χ3v) is 7.16. The van der Waals surface area contributed by atoms with Gasteiger partial charge in [0.1, 0.15) is 11.4 Å². The molecule has 1 aliphatic heterocycles. The topological polar surface area (TPSA) is 72.9 Å². The lowest BCUT2D eigenvalue weighted by molar-refractivity contribution is -0.137. The number of aromatic nitrogens is 2. The van der Waals surface area contributed by atoms with Crippen LogP contribution < -0.4 is 10.5 Å². The molecule has 0 saturated carbocycles. The number of alkyl halides is 3. The minimum Gasteiger partial charge on any atom is -0.484 e. The lowest BCUT2D eigenvalue weighted by Crippen LogP contribution is -2.43. The van der Waals surface area contributed by atoms with Crippen LogP contribution >= 0.6 is 0 Å². The molecule has 39 heavy (non-hydrogen) atoms. The SMILES string of the molecule is NCc1ccc(C2c3c(nc4cc(C(F)(F)F)ccn34)CCN2C(=O)COc2ccc3ccccc3c2)cc1. The molecule has 5 aromatic rings. The molecule has 2 aromatic heterocycles. The highest BCUT2D eigenvalue weighted by atomic mass is 19.4. The second-order valence-electron chi connectivity index (χ2n) is 9.57. The fraction of sp³-hybridized carbons (Fsp3) is 0.200. The van der Waals surface area contributed by atoms with Gasteiger partial charge in [0.15, 0.2) is 6.61 Å². The first-order valence-corrected chi connectivity index (χ1v) is 12.6. The number of nitrogens with two attached hydrogens (primary N) is 1. The summed E-state index contributed by atoms with van der Waals surface area (Å²) in [5, 5.41) is 2.08. The van der Waals surface area contributed by atoms with Crippen molar-refractivity contribution >= 4 is 22.3 Å². The molecule has 6 nitrogen and oxygen atoms in total. The van der Waals surface area contributed by atoms with E-state index in [0.29, 0.717) is 36.6 Å². The zero-order valence-electron chi connectivity index (χ0n) is 20.9. The van der Waals surface area contributed by atoms with Crippen molar-refractivity contribution in [2.45, 2.75) is 25.2 Å².